The first-order valence-corrected chi connectivity index (χ1v) is 12.0. The van der Waals surface area contributed by atoms with Gasteiger partial charge in [-0.3, -0.25) is 0 Å². The average Bonchev–Trinajstić information content (AvgIpc) is 3.35. The van der Waals surface area contributed by atoms with Crippen LogP contribution in [-0.2, 0) is 27.7 Å². The minimum absolute atomic E-state index is 0.0889. The molecule has 2 aromatic carbocycles. The van der Waals surface area contributed by atoms with Gasteiger partial charge in [0.25, 0.3) is 0 Å². The Bertz CT molecular complexity index is 1180. The monoisotopic (exact) mass is 442 g/mol. The van der Waals surface area contributed by atoms with Gasteiger partial charge < -0.3 is 10.1 Å². The lowest BCUT2D eigenvalue weighted by molar-refractivity contribution is -0.459. The minimum Gasteiger partial charge on any atom is -0.381 e. The molecular formula is C22H24N3O5S+. The standard InChI is InChI=1S/C22H23N3O5S/c1-2-15-11-18-20-13-25(27)22(26)19(20)12-17(21(18)23-15)14-3-5-16(6-4-14)31(28,29)24-7-9-30-10-8-24/h3-6,12,15H,2,7-11,13H2,1H3/p+1. The number of sulfonamides is 1. The second-order valence-corrected chi connectivity index (χ2v) is 10.1. The molecule has 0 bridgehead atoms. The van der Waals surface area contributed by atoms with E-state index in [4.69, 9.17) is 4.74 Å². The summed E-state index contributed by atoms with van der Waals surface area (Å²) in [4.78, 5) is 24.6. The third-order valence-electron chi connectivity index (χ3n) is 6.37. The van der Waals surface area contributed by atoms with E-state index in [0.717, 1.165) is 40.8 Å². The molecule has 1 amide bonds. The summed E-state index contributed by atoms with van der Waals surface area (Å²) >= 11 is 0. The maximum atomic E-state index is 12.9. The molecule has 0 radical (unpaired) electrons. The summed E-state index contributed by atoms with van der Waals surface area (Å²) in [7, 11) is -3.58. The number of carbonyl (C=O) groups is 1. The molecule has 1 N–H and O–H groups in total. The Hall–Kier alpha value is -2.62. The molecule has 0 aromatic heterocycles. The van der Waals surface area contributed by atoms with Crippen LogP contribution in [0.15, 0.2) is 35.2 Å². The number of fused-ring (bicyclic) bond motifs is 3. The molecule has 0 aliphatic carbocycles. The Labute approximate surface area is 180 Å². The quantitative estimate of drug-likeness (QED) is 0.731. The normalized spacial score (nSPS) is 21.1. The highest BCUT2D eigenvalue weighted by Crippen LogP contribution is 2.43. The van der Waals surface area contributed by atoms with Gasteiger partial charge in [-0.05, 0) is 42.2 Å². The summed E-state index contributed by atoms with van der Waals surface area (Å²) in [6.07, 6.45) is 1.70. The van der Waals surface area contributed by atoms with Crippen LogP contribution < -0.4 is 5.32 Å². The summed E-state index contributed by atoms with van der Waals surface area (Å²) in [6, 6.07) is 8.76. The van der Waals surface area contributed by atoms with Crippen LogP contribution in [0.2, 0.25) is 0 Å². The lowest BCUT2D eigenvalue weighted by Crippen LogP contribution is -2.40. The fraction of sp³-hybridized carbons (Fsp3) is 0.409. The van der Waals surface area contributed by atoms with Crippen molar-refractivity contribution in [1.29, 1.82) is 0 Å². The Balaban J connectivity index is 1.55. The first-order valence-electron chi connectivity index (χ1n) is 10.5. The number of amides is 1. The number of rotatable bonds is 4. The van der Waals surface area contributed by atoms with Crippen molar-refractivity contribution in [2.45, 2.75) is 37.2 Å². The van der Waals surface area contributed by atoms with Crippen LogP contribution in [0.25, 0.3) is 11.1 Å². The second-order valence-electron chi connectivity index (χ2n) is 8.14. The van der Waals surface area contributed by atoms with Gasteiger partial charge in [-0.15, -0.1) is 0 Å². The van der Waals surface area contributed by atoms with Crippen molar-refractivity contribution in [3.05, 3.63) is 51.9 Å². The number of nitrogens with zero attached hydrogens (tertiary/aromatic N) is 2. The maximum absolute atomic E-state index is 12.9. The number of nitroso groups, excluding NO2 is 1. The van der Waals surface area contributed by atoms with Crippen LogP contribution in [0.5, 0.6) is 0 Å². The lowest BCUT2D eigenvalue weighted by atomic mass is 9.92. The third-order valence-corrected chi connectivity index (χ3v) is 8.29. The predicted octanol–water partition coefficient (Wildman–Crippen LogP) is 2.55. The molecule has 3 aliphatic heterocycles. The maximum Gasteiger partial charge on any atom is 0.466 e. The van der Waals surface area contributed by atoms with E-state index < -0.39 is 15.9 Å². The number of hydrogen-bond acceptors (Lipinski definition) is 6. The topological polar surface area (TPSA) is 95.8 Å². The zero-order valence-corrected chi connectivity index (χ0v) is 18.1. The van der Waals surface area contributed by atoms with E-state index in [0.29, 0.717) is 36.6 Å². The van der Waals surface area contributed by atoms with Crippen LogP contribution in [0.3, 0.4) is 0 Å². The molecule has 1 saturated heterocycles. The Morgan fingerprint density at radius 1 is 1.13 bits per heavy atom. The minimum atomic E-state index is -3.58. The van der Waals surface area contributed by atoms with Gasteiger partial charge in [0.15, 0.2) is 0 Å². The van der Waals surface area contributed by atoms with Gasteiger partial charge in [0.1, 0.15) is 5.56 Å². The highest BCUT2D eigenvalue weighted by atomic mass is 32.2. The number of anilines is 1. The van der Waals surface area contributed by atoms with Gasteiger partial charge >= 0.3 is 5.91 Å². The number of benzene rings is 2. The number of carbonyl (C=O) groups excluding carboxylic acids is 1. The molecule has 31 heavy (non-hydrogen) atoms. The second kappa shape index (κ2) is 7.51. The van der Waals surface area contributed by atoms with Crippen molar-refractivity contribution in [3.63, 3.8) is 0 Å². The molecule has 3 aliphatic rings. The van der Waals surface area contributed by atoms with Crippen molar-refractivity contribution in [1.82, 2.24) is 4.31 Å². The van der Waals surface area contributed by atoms with Crippen molar-refractivity contribution < 1.29 is 22.7 Å². The molecule has 162 valence electrons. The highest BCUT2D eigenvalue weighted by Gasteiger charge is 2.42. The number of nitrogens with one attached hydrogen (secondary N) is 1. The SMILES string of the molecule is CCC1Cc2c3c(cc(-c4ccc(S(=O)(=O)N5CCOCC5)cc4)c2N1)C(=O)[N+](=O)C3. The molecule has 5 rings (SSSR count). The van der Waals surface area contributed by atoms with Crippen LogP contribution in [0.1, 0.15) is 34.8 Å². The highest BCUT2D eigenvalue weighted by molar-refractivity contribution is 7.89. The van der Waals surface area contributed by atoms with Gasteiger partial charge in [-0.2, -0.15) is 4.31 Å². The Morgan fingerprint density at radius 3 is 2.52 bits per heavy atom. The van der Waals surface area contributed by atoms with E-state index in [1.54, 1.807) is 30.3 Å². The number of hydrogen-bond donors (Lipinski definition) is 1. The molecule has 2 aromatic rings. The van der Waals surface area contributed by atoms with Crippen LogP contribution in [0.4, 0.5) is 5.69 Å². The largest absolute Gasteiger partial charge is 0.466 e. The van der Waals surface area contributed by atoms with Gasteiger partial charge in [-0.25, -0.2) is 13.2 Å². The smallest absolute Gasteiger partial charge is 0.381 e. The summed E-state index contributed by atoms with van der Waals surface area (Å²) < 4.78 is 33.0. The molecule has 0 saturated carbocycles. The van der Waals surface area contributed by atoms with E-state index in [1.165, 1.54) is 4.31 Å². The molecule has 3 heterocycles. The lowest BCUT2D eigenvalue weighted by Gasteiger charge is -2.26. The van der Waals surface area contributed by atoms with E-state index in [-0.39, 0.29) is 17.5 Å². The Kier molecular flexibility index (Phi) is 4.91. The van der Waals surface area contributed by atoms with Gasteiger partial charge in [-0.1, -0.05) is 19.1 Å². The first-order chi connectivity index (χ1) is 14.9. The molecule has 9 heteroatoms. The Morgan fingerprint density at radius 2 is 1.84 bits per heavy atom. The number of ether oxygens (including phenoxy) is 1. The molecule has 8 nitrogen and oxygen atoms in total. The van der Waals surface area contributed by atoms with Crippen molar-refractivity contribution in [2.75, 3.05) is 31.6 Å². The van der Waals surface area contributed by atoms with E-state index >= 15 is 0 Å². The summed E-state index contributed by atoms with van der Waals surface area (Å²) in [6.45, 7) is 3.67. The van der Waals surface area contributed by atoms with Crippen LogP contribution in [-0.4, -0.2) is 55.7 Å². The zero-order valence-electron chi connectivity index (χ0n) is 17.3. The van der Waals surface area contributed by atoms with Gasteiger partial charge in [0.2, 0.25) is 16.6 Å². The average molecular weight is 443 g/mol. The predicted molar refractivity (Wildman–Crippen MR) is 115 cm³/mol. The molecule has 0 spiro atoms. The van der Waals surface area contributed by atoms with Crippen molar-refractivity contribution in [3.8, 4) is 11.1 Å². The summed E-state index contributed by atoms with van der Waals surface area (Å²) in [5.74, 6) is -0.509. The van der Waals surface area contributed by atoms with Crippen LogP contribution >= 0.6 is 0 Å². The fourth-order valence-corrected chi connectivity index (χ4v) is 6.02. The van der Waals surface area contributed by atoms with E-state index in [1.807, 2.05) is 0 Å². The van der Waals surface area contributed by atoms with E-state index in [2.05, 4.69) is 12.2 Å². The van der Waals surface area contributed by atoms with E-state index in [9.17, 15) is 18.1 Å². The third kappa shape index (κ3) is 3.28. The van der Waals surface area contributed by atoms with Crippen molar-refractivity contribution in [2.24, 2.45) is 0 Å². The van der Waals surface area contributed by atoms with Gasteiger partial charge in [0, 0.05) is 40.9 Å². The fourth-order valence-electron chi connectivity index (χ4n) is 4.61. The summed E-state index contributed by atoms with van der Waals surface area (Å²) in [5, 5.41) is 3.53. The zero-order chi connectivity index (χ0) is 21.8. The summed E-state index contributed by atoms with van der Waals surface area (Å²) in [5.41, 5.74) is 4.86. The molecule has 1 atom stereocenters. The van der Waals surface area contributed by atoms with Crippen molar-refractivity contribution >= 4 is 21.6 Å². The van der Waals surface area contributed by atoms with Gasteiger partial charge in [0.05, 0.1) is 22.9 Å². The number of morpholine rings is 1. The molecule has 1 unspecified atom stereocenters. The van der Waals surface area contributed by atoms with Crippen LogP contribution in [0, 0.1) is 4.91 Å². The molecular weight excluding hydrogens is 418 g/mol. The molecule has 1 fully saturated rings. The first kappa shape index (κ1) is 20.3.